The molecule has 8 nitrogen and oxygen atoms in total. The van der Waals surface area contributed by atoms with Crippen molar-refractivity contribution in [1.29, 1.82) is 0 Å². The van der Waals surface area contributed by atoms with Gasteiger partial charge >= 0.3 is 0 Å². The molecule has 0 radical (unpaired) electrons. The first kappa shape index (κ1) is 21.5. The highest BCUT2D eigenvalue weighted by Crippen LogP contribution is 2.36. The Labute approximate surface area is 196 Å². The number of anilines is 2. The Morgan fingerprint density at radius 3 is 2.68 bits per heavy atom. The van der Waals surface area contributed by atoms with Gasteiger partial charge in [0.25, 0.3) is 0 Å². The molecule has 5 N–H and O–H groups in total. The van der Waals surface area contributed by atoms with Crippen LogP contribution in [0.4, 0.5) is 11.5 Å². The summed E-state index contributed by atoms with van der Waals surface area (Å²) in [4.78, 5) is 26.0. The topological polar surface area (TPSA) is 122 Å². The van der Waals surface area contributed by atoms with Crippen LogP contribution in [-0.4, -0.2) is 36.5 Å². The van der Waals surface area contributed by atoms with Crippen LogP contribution < -0.4 is 11.1 Å². The Bertz CT molecular complexity index is 1580. The van der Waals surface area contributed by atoms with E-state index in [4.69, 9.17) is 5.73 Å². The van der Waals surface area contributed by atoms with Crippen molar-refractivity contribution in [3.05, 3.63) is 71.2 Å². The van der Waals surface area contributed by atoms with Crippen molar-refractivity contribution in [3.8, 4) is 11.4 Å². The monoisotopic (exact) mass is 454 g/mol. The summed E-state index contributed by atoms with van der Waals surface area (Å²) in [5.41, 5.74) is 12.2. The first-order chi connectivity index (χ1) is 16.3. The fourth-order valence-corrected chi connectivity index (χ4v) is 4.48. The maximum atomic E-state index is 13.8. The smallest absolute Gasteiger partial charge is 0.215 e. The van der Waals surface area contributed by atoms with Crippen LogP contribution in [0.5, 0.6) is 5.75 Å². The largest absolute Gasteiger partial charge is 0.508 e. The quantitative estimate of drug-likeness (QED) is 0.281. The number of carbonyl (C=O) groups excluding carboxylic acids is 1. The number of fused-ring (bicyclic) bond motifs is 2. The number of nitrogens with one attached hydrogen (secondary N) is 2. The van der Waals surface area contributed by atoms with Crippen LogP contribution in [-0.2, 0) is 0 Å². The number of carbonyl (C=O) groups is 1. The number of aromatic amines is 1. The Hall–Kier alpha value is -4.33. The lowest BCUT2D eigenvalue weighted by Crippen LogP contribution is -2.10. The molecule has 8 heteroatoms. The maximum Gasteiger partial charge on any atom is 0.215 e. The van der Waals surface area contributed by atoms with E-state index in [-0.39, 0.29) is 29.0 Å². The molecule has 0 aliphatic heterocycles. The second-order valence-electron chi connectivity index (χ2n) is 8.78. The van der Waals surface area contributed by atoms with E-state index in [9.17, 15) is 9.90 Å². The number of ketones is 1. The Kier molecular flexibility index (Phi) is 5.01. The fraction of sp³-hybridized carbons (Fsp3) is 0.192. The summed E-state index contributed by atoms with van der Waals surface area (Å²) >= 11 is 0. The highest BCUT2D eigenvalue weighted by molar-refractivity contribution is 6.19. The van der Waals surface area contributed by atoms with Gasteiger partial charge in [0, 0.05) is 29.4 Å². The zero-order valence-electron chi connectivity index (χ0n) is 19.5. The van der Waals surface area contributed by atoms with Crippen LogP contribution in [0.3, 0.4) is 0 Å². The Morgan fingerprint density at radius 1 is 1.15 bits per heavy atom. The number of H-pyrrole nitrogens is 1. The number of nitrogens with two attached hydrogens (primary N) is 1. The first-order valence-electron chi connectivity index (χ1n) is 11.1. The molecular weight excluding hydrogens is 428 g/mol. The number of phenols is 1. The number of hydrogen-bond donors (Lipinski definition) is 4. The first-order valence-corrected chi connectivity index (χ1v) is 11.1. The number of aromatic nitrogens is 4. The number of hydrogen-bond acceptors (Lipinski definition) is 6. The molecule has 5 rings (SSSR count). The minimum atomic E-state index is -0.274. The molecule has 0 aliphatic rings. The van der Waals surface area contributed by atoms with Crippen LogP contribution in [0.15, 0.2) is 48.8 Å². The van der Waals surface area contributed by atoms with E-state index in [0.29, 0.717) is 28.1 Å². The molecule has 0 unspecified atom stereocenters. The number of aryl methyl sites for hydroxylation is 1. The number of phenolic OH excluding ortho intramolecular Hbond substituents is 1. The lowest BCUT2D eigenvalue weighted by Gasteiger charge is -2.15. The third-order valence-electron chi connectivity index (χ3n) is 6.02. The number of nitrogen functional groups attached to an aromatic ring is 1. The molecule has 2 aromatic carbocycles. The van der Waals surface area contributed by atoms with Crippen molar-refractivity contribution in [1.82, 2.24) is 19.5 Å². The Morgan fingerprint density at radius 2 is 1.91 bits per heavy atom. The summed E-state index contributed by atoms with van der Waals surface area (Å²) in [6, 6.07) is 11.4. The predicted octanol–water partition coefficient (Wildman–Crippen LogP) is 4.86. The normalized spacial score (nSPS) is 11.6. The molecular formula is C26H26N6O2. The zero-order valence-corrected chi connectivity index (χ0v) is 19.5. The van der Waals surface area contributed by atoms with E-state index < -0.39 is 0 Å². The lowest BCUT2D eigenvalue weighted by molar-refractivity contribution is 0.103. The number of benzene rings is 2. The number of para-hydroxylation sites is 1. The third kappa shape index (κ3) is 3.26. The fourth-order valence-electron chi connectivity index (χ4n) is 4.48. The lowest BCUT2D eigenvalue weighted by atomic mass is 10.1. The predicted molar refractivity (Wildman–Crippen MR) is 135 cm³/mol. The van der Waals surface area contributed by atoms with Gasteiger partial charge in [-0.15, -0.1) is 0 Å². The molecule has 0 saturated heterocycles. The molecule has 3 heterocycles. The number of aromatic hydroxyl groups is 1. The van der Waals surface area contributed by atoms with Crippen LogP contribution in [0.25, 0.3) is 27.8 Å². The summed E-state index contributed by atoms with van der Waals surface area (Å²) < 4.78 is 1.70. The van der Waals surface area contributed by atoms with E-state index in [2.05, 4.69) is 34.1 Å². The van der Waals surface area contributed by atoms with E-state index in [1.165, 1.54) is 0 Å². The standard InChI is InChI=1S/C26H26N6O2/c1-13(2)30-17-7-5-6-16-12-18(31-21(16)17)24(34)20-22-26(29-11-10-28-22)32(25(20)27)23-14(3)8-9-19(33)15(23)4/h5-13,30-31,33H,27H2,1-4H3. The van der Waals surface area contributed by atoms with E-state index >= 15 is 0 Å². The summed E-state index contributed by atoms with van der Waals surface area (Å²) in [5.74, 6) is 0.0884. The summed E-state index contributed by atoms with van der Waals surface area (Å²) in [5, 5.41) is 14.7. The summed E-state index contributed by atoms with van der Waals surface area (Å²) in [6.07, 6.45) is 3.10. The van der Waals surface area contributed by atoms with Gasteiger partial charge in [0.05, 0.1) is 28.1 Å². The van der Waals surface area contributed by atoms with Crippen LogP contribution in [0.1, 0.15) is 41.0 Å². The third-order valence-corrected chi connectivity index (χ3v) is 6.02. The number of rotatable bonds is 5. The second-order valence-corrected chi connectivity index (χ2v) is 8.78. The Balaban J connectivity index is 1.73. The van der Waals surface area contributed by atoms with Crippen LogP contribution in [0.2, 0.25) is 0 Å². The van der Waals surface area contributed by atoms with Gasteiger partial charge in [0.15, 0.2) is 5.65 Å². The summed E-state index contributed by atoms with van der Waals surface area (Å²) in [6.45, 7) is 7.86. The van der Waals surface area contributed by atoms with Gasteiger partial charge in [-0.25, -0.2) is 4.98 Å². The molecule has 172 valence electrons. The highest BCUT2D eigenvalue weighted by Gasteiger charge is 2.27. The molecule has 0 saturated carbocycles. The second kappa shape index (κ2) is 7.91. The molecule has 3 aromatic heterocycles. The molecule has 0 bridgehead atoms. The van der Waals surface area contributed by atoms with Gasteiger partial charge in [0.1, 0.15) is 17.1 Å². The molecule has 0 amide bonds. The van der Waals surface area contributed by atoms with Crippen molar-refractivity contribution in [2.75, 3.05) is 11.1 Å². The van der Waals surface area contributed by atoms with Gasteiger partial charge in [-0.05, 0) is 51.5 Å². The van der Waals surface area contributed by atoms with Gasteiger partial charge in [-0.1, -0.05) is 18.2 Å². The molecule has 0 fully saturated rings. The van der Waals surface area contributed by atoms with Crippen molar-refractivity contribution in [3.63, 3.8) is 0 Å². The average Bonchev–Trinajstić information content (AvgIpc) is 3.36. The zero-order chi connectivity index (χ0) is 24.1. The van der Waals surface area contributed by atoms with Gasteiger partial charge in [-0.3, -0.25) is 14.3 Å². The van der Waals surface area contributed by atoms with E-state index in [1.807, 2.05) is 44.2 Å². The molecule has 5 aromatic rings. The van der Waals surface area contributed by atoms with Crippen molar-refractivity contribution in [2.45, 2.75) is 33.7 Å². The van der Waals surface area contributed by atoms with Crippen molar-refractivity contribution in [2.24, 2.45) is 0 Å². The van der Waals surface area contributed by atoms with Gasteiger partial charge < -0.3 is 21.1 Å². The SMILES string of the molecule is Cc1ccc(O)c(C)c1-n1c(N)c(C(=O)c2cc3cccc(NC(C)C)c3[nH]2)c2nccnc21. The molecule has 0 spiro atoms. The van der Waals surface area contributed by atoms with Gasteiger partial charge in [-0.2, -0.15) is 0 Å². The molecule has 34 heavy (non-hydrogen) atoms. The van der Waals surface area contributed by atoms with Gasteiger partial charge in [0.2, 0.25) is 5.78 Å². The van der Waals surface area contributed by atoms with E-state index in [0.717, 1.165) is 22.2 Å². The van der Waals surface area contributed by atoms with Crippen LogP contribution in [0, 0.1) is 13.8 Å². The highest BCUT2D eigenvalue weighted by atomic mass is 16.3. The summed E-state index contributed by atoms with van der Waals surface area (Å²) in [7, 11) is 0. The van der Waals surface area contributed by atoms with Crippen LogP contribution >= 0.6 is 0 Å². The minimum Gasteiger partial charge on any atom is -0.508 e. The maximum absolute atomic E-state index is 13.8. The van der Waals surface area contributed by atoms with Crippen molar-refractivity contribution < 1.29 is 9.90 Å². The molecule has 0 atom stereocenters. The van der Waals surface area contributed by atoms with Crippen molar-refractivity contribution >= 4 is 39.4 Å². The average molecular weight is 455 g/mol. The number of nitrogens with zero attached hydrogens (tertiary/aromatic N) is 3. The van der Waals surface area contributed by atoms with E-state index in [1.54, 1.807) is 23.0 Å². The molecule has 0 aliphatic carbocycles. The minimum absolute atomic E-state index is 0.138.